The van der Waals surface area contributed by atoms with Crippen LogP contribution in [0.4, 0.5) is 16.6 Å². The summed E-state index contributed by atoms with van der Waals surface area (Å²) in [6, 6.07) is 0.266. The largest absolute Gasteiger partial charge is 0.450 e. The quantitative estimate of drug-likeness (QED) is 0.757. The Morgan fingerprint density at radius 3 is 2.83 bits per heavy atom. The number of nitrogens with zero attached hydrogens (tertiary/aromatic N) is 5. The van der Waals surface area contributed by atoms with E-state index in [1.807, 2.05) is 21.0 Å². The Labute approximate surface area is 142 Å². The lowest BCUT2D eigenvalue weighted by Crippen LogP contribution is -2.42. The fourth-order valence-corrected chi connectivity index (χ4v) is 2.47. The van der Waals surface area contributed by atoms with E-state index in [9.17, 15) is 4.79 Å². The minimum absolute atomic E-state index is 0.230. The maximum atomic E-state index is 11.7. The predicted octanol–water partition coefficient (Wildman–Crippen LogP) is 0.878. The number of nitrogens with one attached hydrogen (secondary N) is 2. The van der Waals surface area contributed by atoms with Crippen LogP contribution in [0.1, 0.15) is 19.8 Å². The maximum absolute atomic E-state index is 11.7. The van der Waals surface area contributed by atoms with Crippen LogP contribution in [0.5, 0.6) is 0 Å². The molecule has 24 heavy (non-hydrogen) atoms. The van der Waals surface area contributed by atoms with E-state index in [0.29, 0.717) is 31.5 Å². The summed E-state index contributed by atoms with van der Waals surface area (Å²) in [7, 11) is 4.03. The second-order valence-corrected chi connectivity index (χ2v) is 6.00. The van der Waals surface area contributed by atoms with E-state index >= 15 is 0 Å². The van der Waals surface area contributed by atoms with Gasteiger partial charge in [0.25, 0.3) is 0 Å². The predicted molar refractivity (Wildman–Crippen MR) is 92.1 cm³/mol. The maximum Gasteiger partial charge on any atom is 0.409 e. The number of carbonyl (C=O) groups excluding carboxylic acids is 1. The Kier molecular flexibility index (Phi) is 6.98. The number of hydrogen-bond donors (Lipinski definition) is 2. The fourth-order valence-electron chi connectivity index (χ4n) is 2.47. The lowest BCUT2D eigenvalue weighted by molar-refractivity contribution is 0.0983. The molecule has 0 saturated carbocycles. The second-order valence-electron chi connectivity index (χ2n) is 6.00. The van der Waals surface area contributed by atoms with Crippen LogP contribution in [0.15, 0.2) is 6.20 Å². The molecule has 0 aromatic carbocycles. The number of aromatic nitrogens is 3. The third-order valence-electron chi connectivity index (χ3n) is 3.77. The molecule has 0 atom stereocenters. The van der Waals surface area contributed by atoms with Gasteiger partial charge in [-0.05, 0) is 33.9 Å². The van der Waals surface area contributed by atoms with E-state index in [1.54, 1.807) is 11.1 Å². The minimum Gasteiger partial charge on any atom is -0.450 e. The van der Waals surface area contributed by atoms with Gasteiger partial charge >= 0.3 is 6.09 Å². The molecule has 2 rings (SSSR count). The van der Waals surface area contributed by atoms with Crippen LogP contribution in [-0.2, 0) is 4.74 Å². The number of likely N-dealkylation sites (tertiary alicyclic amines) is 1. The van der Waals surface area contributed by atoms with Crippen molar-refractivity contribution in [2.45, 2.75) is 25.8 Å². The molecule has 1 saturated heterocycles. The zero-order chi connectivity index (χ0) is 17.4. The molecule has 2 heterocycles. The molecule has 0 bridgehead atoms. The average Bonchev–Trinajstić information content (AvgIpc) is 2.56. The number of piperidine rings is 1. The van der Waals surface area contributed by atoms with Crippen LogP contribution in [0, 0.1) is 0 Å². The third-order valence-corrected chi connectivity index (χ3v) is 3.77. The first-order chi connectivity index (χ1) is 11.6. The van der Waals surface area contributed by atoms with Crippen LogP contribution in [0.2, 0.25) is 0 Å². The Morgan fingerprint density at radius 1 is 1.42 bits per heavy atom. The van der Waals surface area contributed by atoms with Gasteiger partial charge in [-0.1, -0.05) is 0 Å². The zero-order valence-corrected chi connectivity index (χ0v) is 14.7. The second kappa shape index (κ2) is 9.21. The van der Waals surface area contributed by atoms with Crippen LogP contribution < -0.4 is 10.6 Å². The van der Waals surface area contributed by atoms with Gasteiger partial charge in [0, 0.05) is 32.2 Å². The van der Waals surface area contributed by atoms with E-state index in [4.69, 9.17) is 4.74 Å². The molecule has 9 nitrogen and oxygen atoms in total. The molecular formula is C15H27N7O2. The van der Waals surface area contributed by atoms with Gasteiger partial charge in [-0.3, -0.25) is 0 Å². The van der Waals surface area contributed by atoms with Crippen molar-refractivity contribution >= 4 is 17.9 Å². The average molecular weight is 337 g/mol. The van der Waals surface area contributed by atoms with E-state index in [2.05, 4.69) is 30.7 Å². The number of hydrogen-bond acceptors (Lipinski definition) is 8. The molecule has 0 aliphatic carbocycles. The minimum atomic E-state index is -0.230. The summed E-state index contributed by atoms with van der Waals surface area (Å²) in [5.41, 5.74) is 0. The Balaban J connectivity index is 1.79. The summed E-state index contributed by atoms with van der Waals surface area (Å²) < 4.78 is 5.03. The molecule has 134 valence electrons. The third kappa shape index (κ3) is 5.80. The molecule has 1 amide bonds. The summed E-state index contributed by atoms with van der Waals surface area (Å²) in [6.45, 7) is 5.25. The number of ether oxygens (including phenoxy) is 1. The number of amides is 1. The Morgan fingerprint density at radius 2 is 2.17 bits per heavy atom. The van der Waals surface area contributed by atoms with Gasteiger partial charge in [-0.15, -0.1) is 5.10 Å². The zero-order valence-electron chi connectivity index (χ0n) is 14.7. The van der Waals surface area contributed by atoms with Crippen molar-refractivity contribution in [3.8, 4) is 0 Å². The van der Waals surface area contributed by atoms with Crippen LogP contribution in [0.25, 0.3) is 0 Å². The highest BCUT2D eigenvalue weighted by atomic mass is 16.6. The number of rotatable bonds is 7. The van der Waals surface area contributed by atoms with E-state index < -0.39 is 0 Å². The van der Waals surface area contributed by atoms with Crippen LogP contribution in [-0.4, -0.2) is 84.0 Å². The number of carbonyl (C=O) groups is 1. The molecule has 2 N–H and O–H groups in total. The highest BCUT2D eigenvalue weighted by molar-refractivity contribution is 5.67. The summed E-state index contributed by atoms with van der Waals surface area (Å²) in [6.07, 6.45) is 3.10. The molecule has 1 fully saturated rings. The summed E-state index contributed by atoms with van der Waals surface area (Å²) >= 11 is 0. The summed E-state index contributed by atoms with van der Waals surface area (Å²) in [5, 5.41) is 14.5. The highest BCUT2D eigenvalue weighted by Crippen LogP contribution is 2.16. The van der Waals surface area contributed by atoms with E-state index in [-0.39, 0.29) is 12.1 Å². The fraction of sp³-hybridized carbons (Fsp3) is 0.733. The molecule has 0 unspecified atom stereocenters. The smallest absolute Gasteiger partial charge is 0.409 e. The van der Waals surface area contributed by atoms with Crippen molar-refractivity contribution in [2.24, 2.45) is 0 Å². The molecule has 1 aromatic heterocycles. The van der Waals surface area contributed by atoms with Gasteiger partial charge in [0.05, 0.1) is 12.8 Å². The lowest BCUT2D eigenvalue weighted by Gasteiger charge is -2.31. The first kappa shape index (κ1) is 18.2. The number of likely N-dealkylation sites (N-methyl/N-ethyl adjacent to an activating group) is 1. The standard InChI is InChI=1S/C15H27N7O2/c1-4-24-15(23)22-8-5-12(6-9-22)18-13-11-17-20-14(19-13)16-7-10-21(2)3/h11-12H,4-10H2,1-3H3,(H2,16,18,19,20). The molecular weight excluding hydrogens is 310 g/mol. The Hall–Kier alpha value is -2.16. The van der Waals surface area contributed by atoms with Gasteiger partial charge in [0.15, 0.2) is 5.82 Å². The molecule has 9 heteroatoms. The van der Waals surface area contributed by atoms with Gasteiger partial charge < -0.3 is 25.2 Å². The molecule has 1 aliphatic rings. The van der Waals surface area contributed by atoms with Crippen LogP contribution >= 0.6 is 0 Å². The molecule has 0 spiro atoms. The van der Waals surface area contributed by atoms with Crippen molar-refractivity contribution in [1.29, 1.82) is 0 Å². The van der Waals surface area contributed by atoms with E-state index in [0.717, 1.165) is 25.9 Å². The first-order valence-electron chi connectivity index (χ1n) is 8.35. The van der Waals surface area contributed by atoms with Crippen molar-refractivity contribution in [1.82, 2.24) is 25.0 Å². The SMILES string of the molecule is CCOC(=O)N1CCC(Nc2cnnc(NCCN(C)C)n2)CC1. The molecule has 0 radical (unpaired) electrons. The van der Waals surface area contributed by atoms with Crippen molar-refractivity contribution in [2.75, 3.05) is 57.5 Å². The van der Waals surface area contributed by atoms with Crippen molar-refractivity contribution < 1.29 is 9.53 Å². The monoisotopic (exact) mass is 337 g/mol. The highest BCUT2D eigenvalue weighted by Gasteiger charge is 2.23. The van der Waals surface area contributed by atoms with Gasteiger partial charge in [-0.25, -0.2) is 4.79 Å². The van der Waals surface area contributed by atoms with E-state index in [1.165, 1.54) is 0 Å². The van der Waals surface area contributed by atoms with Crippen LogP contribution in [0.3, 0.4) is 0 Å². The molecule has 1 aliphatic heterocycles. The lowest BCUT2D eigenvalue weighted by atomic mass is 10.1. The summed E-state index contributed by atoms with van der Waals surface area (Å²) in [5.74, 6) is 1.22. The Bertz CT molecular complexity index is 518. The van der Waals surface area contributed by atoms with Crippen molar-refractivity contribution in [3.63, 3.8) is 0 Å². The van der Waals surface area contributed by atoms with Gasteiger partial charge in [-0.2, -0.15) is 10.1 Å². The topological polar surface area (TPSA) is 95.5 Å². The molecule has 1 aromatic rings. The normalized spacial score (nSPS) is 15.4. The van der Waals surface area contributed by atoms with Gasteiger partial charge in [0.2, 0.25) is 5.95 Å². The van der Waals surface area contributed by atoms with Gasteiger partial charge in [0.1, 0.15) is 0 Å². The first-order valence-corrected chi connectivity index (χ1v) is 8.35. The van der Waals surface area contributed by atoms with Crippen molar-refractivity contribution in [3.05, 3.63) is 6.20 Å². The number of anilines is 2. The summed E-state index contributed by atoms with van der Waals surface area (Å²) in [4.78, 5) is 20.0.